The van der Waals surface area contributed by atoms with Gasteiger partial charge in [0.05, 0.1) is 17.6 Å². The highest BCUT2D eigenvalue weighted by molar-refractivity contribution is 7.91. The first-order valence-electron chi connectivity index (χ1n) is 7.19. The van der Waals surface area contributed by atoms with Crippen LogP contribution in [-0.2, 0) is 22.2 Å². The van der Waals surface area contributed by atoms with Gasteiger partial charge in [0.15, 0.2) is 9.84 Å². The molecule has 2 aromatic rings. The van der Waals surface area contributed by atoms with Crippen molar-refractivity contribution in [3.05, 3.63) is 65.5 Å². The standard InChI is InChI=1S/C17H19FO4S/c1-13(10-19)23(20,21)12-15-4-8-17(9-5-15)22-11-14-2-6-16(18)7-3-14/h2-9,13,19H,10-12H2,1H3/t13-/m1/s1. The number of ether oxygens (including phenoxy) is 1. The molecule has 0 fully saturated rings. The Labute approximate surface area is 135 Å². The van der Waals surface area contributed by atoms with Crippen molar-refractivity contribution < 1.29 is 22.7 Å². The summed E-state index contributed by atoms with van der Waals surface area (Å²) in [6.45, 7) is 1.40. The van der Waals surface area contributed by atoms with E-state index >= 15 is 0 Å². The minimum atomic E-state index is -3.36. The van der Waals surface area contributed by atoms with Crippen LogP contribution in [0.2, 0.25) is 0 Å². The van der Waals surface area contributed by atoms with E-state index in [9.17, 15) is 12.8 Å². The third kappa shape index (κ3) is 5.04. The maximum Gasteiger partial charge on any atom is 0.159 e. The molecule has 4 nitrogen and oxygen atoms in total. The van der Waals surface area contributed by atoms with Gasteiger partial charge >= 0.3 is 0 Å². The zero-order valence-corrected chi connectivity index (χ0v) is 13.6. The Morgan fingerprint density at radius 1 is 1.04 bits per heavy atom. The van der Waals surface area contributed by atoms with Crippen LogP contribution in [0.4, 0.5) is 4.39 Å². The van der Waals surface area contributed by atoms with Gasteiger partial charge in [0.2, 0.25) is 0 Å². The highest BCUT2D eigenvalue weighted by Gasteiger charge is 2.20. The molecule has 0 aliphatic rings. The van der Waals surface area contributed by atoms with Gasteiger partial charge in [-0.3, -0.25) is 0 Å². The molecular weight excluding hydrogens is 319 g/mol. The van der Waals surface area contributed by atoms with Crippen molar-refractivity contribution in [2.45, 2.75) is 24.5 Å². The summed E-state index contributed by atoms with van der Waals surface area (Å²) in [5.74, 6) is 0.189. The number of halogens is 1. The molecule has 0 saturated carbocycles. The lowest BCUT2D eigenvalue weighted by atomic mass is 10.2. The SMILES string of the molecule is C[C@H](CO)S(=O)(=O)Cc1ccc(OCc2ccc(F)cc2)cc1. The minimum Gasteiger partial charge on any atom is -0.489 e. The number of sulfone groups is 1. The Balaban J connectivity index is 1.95. The Morgan fingerprint density at radius 3 is 2.17 bits per heavy atom. The highest BCUT2D eigenvalue weighted by Crippen LogP contribution is 2.17. The Hall–Kier alpha value is -1.92. The van der Waals surface area contributed by atoms with E-state index in [2.05, 4.69) is 0 Å². The van der Waals surface area contributed by atoms with Crippen molar-refractivity contribution in [3.8, 4) is 5.75 Å². The van der Waals surface area contributed by atoms with E-state index in [1.165, 1.54) is 19.1 Å². The predicted octanol–water partition coefficient (Wildman–Crippen LogP) is 2.70. The van der Waals surface area contributed by atoms with Crippen molar-refractivity contribution >= 4 is 9.84 Å². The quantitative estimate of drug-likeness (QED) is 0.843. The lowest BCUT2D eigenvalue weighted by Crippen LogP contribution is -2.23. The fourth-order valence-electron chi connectivity index (χ4n) is 1.92. The first-order valence-corrected chi connectivity index (χ1v) is 8.91. The lowest BCUT2D eigenvalue weighted by Gasteiger charge is -2.11. The van der Waals surface area contributed by atoms with E-state index in [0.717, 1.165) is 5.56 Å². The summed E-state index contributed by atoms with van der Waals surface area (Å²) in [5.41, 5.74) is 1.48. The average Bonchev–Trinajstić information content (AvgIpc) is 2.54. The average molecular weight is 338 g/mol. The summed E-state index contributed by atoms with van der Waals surface area (Å²) in [5, 5.41) is 8.18. The van der Waals surface area contributed by atoms with Gasteiger partial charge < -0.3 is 9.84 Å². The monoisotopic (exact) mass is 338 g/mol. The van der Waals surface area contributed by atoms with Crippen LogP contribution < -0.4 is 4.74 Å². The second kappa shape index (κ2) is 7.57. The van der Waals surface area contributed by atoms with Crippen LogP contribution >= 0.6 is 0 Å². The summed E-state index contributed by atoms with van der Waals surface area (Å²) in [4.78, 5) is 0. The molecule has 23 heavy (non-hydrogen) atoms. The summed E-state index contributed by atoms with van der Waals surface area (Å²) in [6, 6.07) is 12.8. The number of rotatable bonds is 7. The third-order valence-electron chi connectivity index (χ3n) is 3.48. The molecule has 0 unspecified atom stereocenters. The molecule has 1 N–H and O–H groups in total. The van der Waals surface area contributed by atoms with Gasteiger partial charge in [-0.2, -0.15) is 0 Å². The number of hydrogen-bond donors (Lipinski definition) is 1. The van der Waals surface area contributed by atoms with Crippen LogP contribution in [0.25, 0.3) is 0 Å². The van der Waals surface area contributed by atoms with Crippen molar-refractivity contribution in [1.82, 2.24) is 0 Å². The molecule has 2 rings (SSSR count). The van der Waals surface area contributed by atoms with Gasteiger partial charge in [0, 0.05) is 0 Å². The fourth-order valence-corrected chi connectivity index (χ4v) is 3.09. The molecule has 0 aromatic heterocycles. The maximum atomic E-state index is 12.8. The minimum absolute atomic E-state index is 0.118. The molecule has 0 amide bonds. The molecule has 0 spiro atoms. The Bertz CT molecular complexity index is 724. The first kappa shape index (κ1) is 17.4. The van der Waals surface area contributed by atoms with Crippen LogP contribution in [-0.4, -0.2) is 25.4 Å². The number of aliphatic hydroxyl groups is 1. The molecule has 0 aliphatic carbocycles. The molecule has 0 radical (unpaired) electrons. The molecule has 0 aliphatic heterocycles. The van der Waals surface area contributed by atoms with E-state index in [1.54, 1.807) is 36.4 Å². The van der Waals surface area contributed by atoms with Crippen LogP contribution in [0.1, 0.15) is 18.1 Å². The molecule has 1 atom stereocenters. The van der Waals surface area contributed by atoms with E-state index < -0.39 is 15.1 Å². The summed E-state index contributed by atoms with van der Waals surface area (Å²) >= 11 is 0. The van der Waals surface area contributed by atoms with Crippen LogP contribution in [0.15, 0.2) is 48.5 Å². The van der Waals surface area contributed by atoms with Gasteiger partial charge in [0.1, 0.15) is 18.2 Å². The summed E-state index contributed by atoms with van der Waals surface area (Å²) in [7, 11) is -3.36. The number of benzene rings is 2. The predicted molar refractivity (Wildman–Crippen MR) is 86.3 cm³/mol. The molecular formula is C17H19FO4S. The van der Waals surface area contributed by atoms with Crippen molar-refractivity contribution in [1.29, 1.82) is 0 Å². The van der Waals surface area contributed by atoms with E-state index in [1.807, 2.05) is 0 Å². The van der Waals surface area contributed by atoms with Crippen molar-refractivity contribution in [2.75, 3.05) is 6.61 Å². The van der Waals surface area contributed by atoms with Gasteiger partial charge in [-0.1, -0.05) is 24.3 Å². The van der Waals surface area contributed by atoms with Gasteiger partial charge in [-0.15, -0.1) is 0 Å². The van der Waals surface area contributed by atoms with Crippen LogP contribution in [0.5, 0.6) is 5.75 Å². The van der Waals surface area contributed by atoms with Crippen molar-refractivity contribution in [3.63, 3.8) is 0 Å². The van der Waals surface area contributed by atoms with Crippen LogP contribution in [0.3, 0.4) is 0 Å². The van der Waals surface area contributed by atoms with Gasteiger partial charge in [-0.25, -0.2) is 12.8 Å². The van der Waals surface area contributed by atoms with Crippen LogP contribution in [0, 0.1) is 5.82 Å². The van der Waals surface area contributed by atoms with Gasteiger partial charge in [0.25, 0.3) is 0 Å². The highest BCUT2D eigenvalue weighted by atomic mass is 32.2. The molecule has 6 heteroatoms. The van der Waals surface area contributed by atoms with Crippen molar-refractivity contribution in [2.24, 2.45) is 0 Å². The second-order valence-corrected chi connectivity index (χ2v) is 7.78. The lowest BCUT2D eigenvalue weighted by molar-refractivity contribution is 0.295. The topological polar surface area (TPSA) is 63.6 Å². The molecule has 0 saturated heterocycles. The zero-order valence-electron chi connectivity index (χ0n) is 12.8. The molecule has 0 bridgehead atoms. The number of hydrogen-bond acceptors (Lipinski definition) is 4. The third-order valence-corrected chi connectivity index (χ3v) is 5.59. The normalized spacial score (nSPS) is 12.8. The Kier molecular flexibility index (Phi) is 5.74. The molecule has 2 aromatic carbocycles. The summed E-state index contributed by atoms with van der Waals surface area (Å²) in [6.07, 6.45) is 0. The Morgan fingerprint density at radius 2 is 1.61 bits per heavy atom. The second-order valence-electron chi connectivity index (χ2n) is 5.36. The maximum absolute atomic E-state index is 12.8. The molecule has 124 valence electrons. The van der Waals surface area contributed by atoms with E-state index in [4.69, 9.17) is 9.84 Å². The molecule has 0 heterocycles. The fraction of sp³-hybridized carbons (Fsp3) is 0.294. The first-order chi connectivity index (χ1) is 10.9. The van der Waals surface area contributed by atoms with E-state index in [0.29, 0.717) is 17.9 Å². The zero-order chi connectivity index (χ0) is 16.9. The van der Waals surface area contributed by atoms with E-state index in [-0.39, 0.29) is 18.2 Å². The van der Waals surface area contributed by atoms with Gasteiger partial charge in [-0.05, 0) is 42.3 Å². The largest absolute Gasteiger partial charge is 0.489 e. The smallest absolute Gasteiger partial charge is 0.159 e. The number of aliphatic hydroxyl groups excluding tert-OH is 1. The summed E-state index contributed by atoms with van der Waals surface area (Å²) < 4.78 is 42.2.